The molecule has 2 rings (SSSR count). The number of carboxylic acids is 1. The molecule has 1 aliphatic rings. The van der Waals surface area contributed by atoms with Crippen molar-refractivity contribution in [3.05, 3.63) is 35.0 Å². The van der Waals surface area contributed by atoms with Crippen LogP contribution in [-0.2, 0) is 11.2 Å². The molecular weight excluding hydrogens is 226 g/mol. The standard InChI is InChI=1S/C11H11NO3S/c13-10-5-12-2-1-7(10)3-9-4-8(6-16-9)11(14)15/h1-2,4-5,8,13H,3,6H2,(H,14,15)/t8-/m0/s1. The van der Waals surface area contributed by atoms with Gasteiger partial charge in [-0.05, 0) is 11.0 Å². The summed E-state index contributed by atoms with van der Waals surface area (Å²) in [5.41, 5.74) is 0.778. The molecule has 4 nitrogen and oxygen atoms in total. The fourth-order valence-corrected chi connectivity index (χ4v) is 2.67. The number of carbonyl (C=O) groups is 1. The number of thioether (sulfide) groups is 1. The fraction of sp³-hybridized carbons (Fsp3) is 0.273. The lowest BCUT2D eigenvalue weighted by atomic mass is 10.1. The molecule has 0 unspecified atom stereocenters. The third kappa shape index (κ3) is 2.36. The third-order valence-electron chi connectivity index (χ3n) is 2.40. The Labute approximate surface area is 97.0 Å². The SMILES string of the molecule is O=C(O)[C@H]1C=C(Cc2ccncc2O)SC1. The molecule has 5 heteroatoms. The van der Waals surface area contributed by atoms with E-state index >= 15 is 0 Å². The molecule has 2 N–H and O–H groups in total. The van der Waals surface area contributed by atoms with Crippen LogP contribution in [0, 0.1) is 5.92 Å². The van der Waals surface area contributed by atoms with Crippen molar-refractivity contribution in [1.29, 1.82) is 0 Å². The number of hydrogen-bond donors (Lipinski definition) is 2. The molecule has 0 amide bonds. The Balaban J connectivity index is 2.09. The largest absolute Gasteiger partial charge is 0.506 e. The van der Waals surface area contributed by atoms with Crippen molar-refractivity contribution < 1.29 is 15.0 Å². The van der Waals surface area contributed by atoms with Gasteiger partial charge in [-0.15, -0.1) is 11.8 Å². The van der Waals surface area contributed by atoms with Crippen molar-refractivity contribution in [2.24, 2.45) is 5.92 Å². The lowest BCUT2D eigenvalue weighted by molar-refractivity contribution is -0.139. The van der Waals surface area contributed by atoms with E-state index in [2.05, 4.69) is 4.98 Å². The molecule has 0 aromatic carbocycles. The Hall–Kier alpha value is -1.49. The van der Waals surface area contributed by atoms with Gasteiger partial charge in [0.1, 0.15) is 5.75 Å². The van der Waals surface area contributed by atoms with Gasteiger partial charge in [0, 0.05) is 23.9 Å². The highest BCUT2D eigenvalue weighted by atomic mass is 32.2. The van der Waals surface area contributed by atoms with Gasteiger partial charge >= 0.3 is 5.97 Å². The highest BCUT2D eigenvalue weighted by Gasteiger charge is 2.22. The first-order valence-corrected chi connectivity index (χ1v) is 5.83. The predicted octanol–water partition coefficient (Wildman–Crippen LogP) is 1.66. The maximum atomic E-state index is 10.7. The summed E-state index contributed by atoms with van der Waals surface area (Å²) in [5, 5.41) is 18.4. The molecule has 0 spiro atoms. The fourth-order valence-electron chi connectivity index (χ4n) is 1.52. The van der Waals surface area contributed by atoms with Crippen molar-refractivity contribution in [3.63, 3.8) is 0 Å². The molecule has 0 aliphatic carbocycles. The van der Waals surface area contributed by atoms with Crippen LogP contribution in [0.2, 0.25) is 0 Å². The molecule has 0 saturated carbocycles. The van der Waals surface area contributed by atoms with E-state index in [0.29, 0.717) is 12.2 Å². The van der Waals surface area contributed by atoms with Crippen LogP contribution < -0.4 is 0 Å². The molecule has 1 aromatic heterocycles. The van der Waals surface area contributed by atoms with E-state index in [1.54, 1.807) is 18.3 Å². The maximum Gasteiger partial charge on any atom is 0.311 e. The van der Waals surface area contributed by atoms with Gasteiger partial charge in [-0.1, -0.05) is 6.08 Å². The Morgan fingerprint density at radius 1 is 1.62 bits per heavy atom. The quantitative estimate of drug-likeness (QED) is 0.836. The molecule has 0 bridgehead atoms. The number of carboxylic acid groups (broad SMARTS) is 1. The van der Waals surface area contributed by atoms with Crippen LogP contribution in [0.15, 0.2) is 29.4 Å². The normalized spacial score (nSPS) is 19.5. The van der Waals surface area contributed by atoms with Gasteiger partial charge < -0.3 is 10.2 Å². The molecule has 0 radical (unpaired) electrons. The van der Waals surface area contributed by atoms with Gasteiger partial charge in [-0.25, -0.2) is 0 Å². The minimum absolute atomic E-state index is 0.155. The van der Waals surface area contributed by atoms with E-state index in [-0.39, 0.29) is 5.75 Å². The van der Waals surface area contributed by atoms with Crippen LogP contribution in [0.5, 0.6) is 5.75 Å². The van der Waals surface area contributed by atoms with Gasteiger partial charge in [0.05, 0.1) is 12.1 Å². The summed E-state index contributed by atoms with van der Waals surface area (Å²) in [6.45, 7) is 0. The van der Waals surface area contributed by atoms with E-state index in [0.717, 1.165) is 10.5 Å². The lowest BCUT2D eigenvalue weighted by Gasteiger charge is -2.03. The third-order valence-corrected chi connectivity index (χ3v) is 3.58. The second kappa shape index (κ2) is 4.57. The van der Waals surface area contributed by atoms with Crippen LogP contribution in [0.1, 0.15) is 5.56 Å². The number of pyridine rings is 1. The molecule has 1 atom stereocenters. The summed E-state index contributed by atoms with van der Waals surface area (Å²) >= 11 is 1.53. The van der Waals surface area contributed by atoms with Gasteiger partial charge in [0.15, 0.2) is 0 Å². The number of aromatic nitrogens is 1. The van der Waals surface area contributed by atoms with Crippen LogP contribution in [0.25, 0.3) is 0 Å². The van der Waals surface area contributed by atoms with E-state index in [1.807, 2.05) is 0 Å². The van der Waals surface area contributed by atoms with Crippen LogP contribution >= 0.6 is 11.8 Å². The van der Waals surface area contributed by atoms with Gasteiger partial charge in [-0.2, -0.15) is 0 Å². The summed E-state index contributed by atoms with van der Waals surface area (Å²) in [4.78, 5) is 15.5. The topological polar surface area (TPSA) is 70.4 Å². The van der Waals surface area contributed by atoms with E-state index in [4.69, 9.17) is 5.11 Å². The highest BCUT2D eigenvalue weighted by molar-refractivity contribution is 8.03. The Morgan fingerprint density at radius 2 is 2.44 bits per heavy atom. The van der Waals surface area contributed by atoms with Crippen LogP contribution in [-0.4, -0.2) is 26.9 Å². The molecular formula is C11H11NO3S. The zero-order valence-electron chi connectivity index (χ0n) is 8.46. The van der Waals surface area contributed by atoms with Gasteiger partial charge in [-0.3, -0.25) is 9.78 Å². The molecule has 1 aromatic rings. The highest BCUT2D eigenvalue weighted by Crippen LogP contribution is 2.33. The average Bonchev–Trinajstić information content (AvgIpc) is 2.70. The number of rotatable bonds is 3. The van der Waals surface area contributed by atoms with Crippen molar-refractivity contribution in [2.75, 3.05) is 5.75 Å². The van der Waals surface area contributed by atoms with Gasteiger partial charge in [0.2, 0.25) is 0 Å². The first-order chi connectivity index (χ1) is 7.66. The van der Waals surface area contributed by atoms with Crippen molar-refractivity contribution in [3.8, 4) is 5.75 Å². The van der Waals surface area contributed by atoms with Gasteiger partial charge in [0.25, 0.3) is 0 Å². The van der Waals surface area contributed by atoms with Crippen LogP contribution in [0.3, 0.4) is 0 Å². The Kier molecular flexibility index (Phi) is 3.14. The molecule has 1 aliphatic heterocycles. The first-order valence-electron chi connectivity index (χ1n) is 4.85. The van der Waals surface area contributed by atoms with Crippen LogP contribution in [0.4, 0.5) is 0 Å². The summed E-state index contributed by atoms with van der Waals surface area (Å²) < 4.78 is 0. The van der Waals surface area contributed by atoms with E-state index < -0.39 is 11.9 Å². The number of hydrogen-bond acceptors (Lipinski definition) is 4. The first kappa shape index (κ1) is 11.0. The minimum atomic E-state index is -0.790. The van der Waals surface area contributed by atoms with Crippen molar-refractivity contribution >= 4 is 17.7 Å². The van der Waals surface area contributed by atoms with E-state index in [1.165, 1.54) is 18.0 Å². The summed E-state index contributed by atoms with van der Waals surface area (Å²) in [7, 11) is 0. The number of allylic oxidation sites excluding steroid dienone is 1. The monoisotopic (exact) mass is 237 g/mol. The smallest absolute Gasteiger partial charge is 0.311 e. The number of aromatic hydroxyl groups is 1. The number of aliphatic carboxylic acids is 1. The second-order valence-corrected chi connectivity index (χ2v) is 4.72. The summed E-state index contributed by atoms with van der Waals surface area (Å²) in [6, 6.07) is 1.74. The molecule has 0 fully saturated rings. The van der Waals surface area contributed by atoms with Crippen molar-refractivity contribution in [1.82, 2.24) is 4.98 Å². The average molecular weight is 237 g/mol. The second-order valence-electron chi connectivity index (χ2n) is 3.57. The molecule has 2 heterocycles. The Bertz CT molecular complexity index is 445. The molecule has 16 heavy (non-hydrogen) atoms. The maximum absolute atomic E-state index is 10.7. The van der Waals surface area contributed by atoms with Crippen molar-refractivity contribution in [2.45, 2.75) is 6.42 Å². The molecule has 84 valence electrons. The predicted molar refractivity (Wildman–Crippen MR) is 61.3 cm³/mol. The van der Waals surface area contributed by atoms with E-state index in [9.17, 15) is 9.90 Å². The summed E-state index contributed by atoms with van der Waals surface area (Å²) in [5.74, 6) is -0.454. The minimum Gasteiger partial charge on any atom is -0.506 e. The lowest BCUT2D eigenvalue weighted by Crippen LogP contribution is -2.10. The summed E-state index contributed by atoms with van der Waals surface area (Å²) in [6.07, 6.45) is 5.34. The Morgan fingerprint density at radius 3 is 3.06 bits per heavy atom. The molecule has 0 saturated heterocycles. The zero-order chi connectivity index (χ0) is 11.5. The zero-order valence-corrected chi connectivity index (χ0v) is 9.28. The number of nitrogens with zero attached hydrogens (tertiary/aromatic N) is 1.